The average molecular weight is 769 g/mol. The molecule has 0 N–H and O–H groups in total. The normalized spacial score (nSPS) is 12.1. The fraction of sp³-hybridized carbons (Fsp3) is 0. The SMILES string of the molecule is c1ccc2c(-c3c4ccccc4c(-c4ccc5cc(-c6ccc7sc8cc9c(ccc%10c%11ccccc%11sc9%10)cc8c7c6)ccc5c4)c4ccccc34)cccc2c1. The molecule has 2 aromatic heterocycles. The van der Waals surface area contributed by atoms with Crippen molar-refractivity contribution in [3.05, 3.63) is 194 Å². The highest BCUT2D eigenvalue weighted by Gasteiger charge is 2.19. The van der Waals surface area contributed by atoms with Gasteiger partial charge in [-0.15, -0.1) is 22.7 Å². The monoisotopic (exact) mass is 768 g/mol. The Kier molecular flexibility index (Phi) is 6.86. The van der Waals surface area contributed by atoms with E-state index in [2.05, 4.69) is 194 Å². The second-order valence-electron chi connectivity index (χ2n) is 15.6. The Morgan fingerprint density at radius 1 is 0.241 bits per heavy atom. The van der Waals surface area contributed by atoms with Crippen LogP contribution < -0.4 is 0 Å². The summed E-state index contributed by atoms with van der Waals surface area (Å²) < 4.78 is 5.42. The lowest BCUT2D eigenvalue weighted by atomic mass is 9.84. The fourth-order valence-corrected chi connectivity index (χ4v) is 12.0. The zero-order valence-electron chi connectivity index (χ0n) is 31.3. The second kappa shape index (κ2) is 12.3. The fourth-order valence-electron chi connectivity index (χ4n) is 9.71. The standard InChI is InChI=1S/C56H32S2/c1-2-12-40-33(10-1)11-9-18-42(40)55-45-16-5-3-14-43(45)54(44-15-4-6-17-46(44)55)39-23-22-34-28-35(20-21-36(34)29-39)37-25-27-52-49(30-37)50-31-38-24-26-47-41-13-7-8-19-51(41)58-56(47)48(38)32-53(50)57-52/h1-32H. The van der Waals surface area contributed by atoms with Gasteiger partial charge in [0.15, 0.2) is 0 Å². The predicted molar refractivity (Wildman–Crippen MR) is 256 cm³/mol. The average Bonchev–Trinajstić information content (AvgIpc) is 3.85. The first-order chi connectivity index (χ1) is 28.7. The van der Waals surface area contributed by atoms with Crippen LogP contribution in [-0.2, 0) is 0 Å². The van der Waals surface area contributed by atoms with Gasteiger partial charge >= 0.3 is 0 Å². The molecule has 2 heteroatoms. The molecule has 0 saturated carbocycles. The highest BCUT2D eigenvalue weighted by atomic mass is 32.1. The molecule has 13 aromatic rings. The van der Waals surface area contributed by atoms with Crippen molar-refractivity contribution in [2.45, 2.75) is 0 Å². The molecule has 2 heterocycles. The summed E-state index contributed by atoms with van der Waals surface area (Å²) >= 11 is 3.82. The van der Waals surface area contributed by atoms with Gasteiger partial charge in [-0.2, -0.15) is 0 Å². The minimum Gasteiger partial charge on any atom is -0.135 e. The molecule has 0 unspecified atom stereocenters. The second-order valence-corrected chi connectivity index (χ2v) is 17.7. The van der Waals surface area contributed by atoms with Crippen LogP contribution in [0.15, 0.2) is 194 Å². The number of rotatable bonds is 3. The van der Waals surface area contributed by atoms with E-state index in [0.717, 1.165) is 0 Å². The first-order valence-electron chi connectivity index (χ1n) is 19.9. The predicted octanol–water partition coefficient (Wildman–Crippen LogP) is 17.2. The van der Waals surface area contributed by atoms with E-state index in [1.165, 1.54) is 128 Å². The zero-order valence-corrected chi connectivity index (χ0v) is 32.9. The van der Waals surface area contributed by atoms with Crippen LogP contribution in [0.2, 0.25) is 0 Å². The van der Waals surface area contributed by atoms with Gasteiger partial charge in [-0.25, -0.2) is 0 Å². The van der Waals surface area contributed by atoms with E-state index in [4.69, 9.17) is 0 Å². The van der Waals surface area contributed by atoms with Crippen LogP contribution in [0.1, 0.15) is 0 Å². The van der Waals surface area contributed by atoms with E-state index in [1.54, 1.807) is 0 Å². The Morgan fingerprint density at radius 3 is 1.60 bits per heavy atom. The molecule has 0 aliphatic heterocycles. The molecule has 0 aliphatic carbocycles. The van der Waals surface area contributed by atoms with Crippen LogP contribution in [0.5, 0.6) is 0 Å². The van der Waals surface area contributed by atoms with E-state index in [1.807, 2.05) is 22.7 Å². The summed E-state index contributed by atoms with van der Waals surface area (Å²) in [5, 5.41) is 18.2. The molecule has 268 valence electrons. The molecule has 0 aliphatic rings. The van der Waals surface area contributed by atoms with Crippen molar-refractivity contribution in [2.24, 2.45) is 0 Å². The maximum atomic E-state index is 2.43. The van der Waals surface area contributed by atoms with Crippen LogP contribution in [0, 0.1) is 0 Å². The summed E-state index contributed by atoms with van der Waals surface area (Å²) in [5.41, 5.74) is 7.59. The molecular formula is C56H32S2. The number of fused-ring (bicyclic) bond motifs is 12. The smallest absolute Gasteiger partial charge is 0.0434 e. The van der Waals surface area contributed by atoms with Crippen LogP contribution in [0.3, 0.4) is 0 Å². The summed E-state index contributed by atoms with van der Waals surface area (Å²) in [4.78, 5) is 0. The topological polar surface area (TPSA) is 0 Å². The third-order valence-electron chi connectivity index (χ3n) is 12.4. The minimum absolute atomic E-state index is 1.24. The van der Waals surface area contributed by atoms with Crippen molar-refractivity contribution < 1.29 is 0 Å². The Hall–Kier alpha value is -6.84. The quantitative estimate of drug-likeness (QED) is 0.157. The van der Waals surface area contributed by atoms with E-state index in [0.29, 0.717) is 0 Å². The molecule has 0 fully saturated rings. The van der Waals surface area contributed by atoms with Gasteiger partial charge in [0.1, 0.15) is 0 Å². The lowest BCUT2D eigenvalue weighted by molar-refractivity contribution is 1.67. The van der Waals surface area contributed by atoms with Gasteiger partial charge in [-0.1, -0.05) is 152 Å². The summed E-state index contributed by atoms with van der Waals surface area (Å²) in [6.07, 6.45) is 0. The van der Waals surface area contributed by atoms with Gasteiger partial charge in [0.05, 0.1) is 0 Å². The van der Waals surface area contributed by atoms with Gasteiger partial charge in [-0.3, -0.25) is 0 Å². The highest BCUT2D eigenvalue weighted by Crippen LogP contribution is 2.47. The Morgan fingerprint density at radius 2 is 0.810 bits per heavy atom. The third-order valence-corrected chi connectivity index (χ3v) is 14.8. The van der Waals surface area contributed by atoms with E-state index in [9.17, 15) is 0 Å². The van der Waals surface area contributed by atoms with E-state index >= 15 is 0 Å². The summed E-state index contributed by atoms with van der Waals surface area (Å²) in [6, 6.07) is 72.7. The molecule has 0 bridgehead atoms. The molecule has 0 spiro atoms. The third kappa shape index (κ3) is 4.74. The Balaban J connectivity index is 0.931. The number of hydrogen-bond donors (Lipinski definition) is 0. The van der Waals surface area contributed by atoms with E-state index in [-0.39, 0.29) is 0 Å². The maximum absolute atomic E-state index is 2.43. The molecule has 0 atom stereocenters. The molecule has 0 radical (unpaired) electrons. The number of hydrogen-bond acceptors (Lipinski definition) is 2. The first-order valence-corrected chi connectivity index (χ1v) is 21.5. The van der Waals surface area contributed by atoms with E-state index < -0.39 is 0 Å². The van der Waals surface area contributed by atoms with Crippen molar-refractivity contribution >= 4 is 117 Å². The van der Waals surface area contributed by atoms with Gasteiger partial charge in [-0.05, 0) is 124 Å². The Bertz CT molecular complexity index is 3800. The Labute approximate surface area is 342 Å². The molecule has 0 nitrogen and oxygen atoms in total. The summed E-state index contributed by atoms with van der Waals surface area (Å²) in [5.74, 6) is 0. The van der Waals surface area contributed by atoms with Crippen LogP contribution in [-0.4, -0.2) is 0 Å². The lowest BCUT2D eigenvalue weighted by Gasteiger charge is -2.19. The van der Waals surface area contributed by atoms with Gasteiger partial charge in [0.2, 0.25) is 0 Å². The van der Waals surface area contributed by atoms with Crippen LogP contribution in [0.25, 0.3) is 128 Å². The van der Waals surface area contributed by atoms with Crippen molar-refractivity contribution in [3.63, 3.8) is 0 Å². The van der Waals surface area contributed by atoms with Crippen molar-refractivity contribution in [1.29, 1.82) is 0 Å². The van der Waals surface area contributed by atoms with Gasteiger partial charge < -0.3 is 0 Å². The highest BCUT2D eigenvalue weighted by molar-refractivity contribution is 7.27. The first kappa shape index (κ1) is 32.3. The van der Waals surface area contributed by atoms with Crippen LogP contribution in [0.4, 0.5) is 0 Å². The van der Waals surface area contributed by atoms with Crippen molar-refractivity contribution in [1.82, 2.24) is 0 Å². The largest absolute Gasteiger partial charge is 0.135 e. The number of thiophene rings is 2. The lowest BCUT2D eigenvalue weighted by Crippen LogP contribution is -1.91. The number of benzene rings is 11. The summed E-state index contributed by atoms with van der Waals surface area (Å²) in [7, 11) is 0. The van der Waals surface area contributed by atoms with Crippen molar-refractivity contribution in [2.75, 3.05) is 0 Å². The van der Waals surface area contributed by atoms with Crippen molar-refractivity contribution in [3.8, 4) is 33.4 Å². The van der Waals surface area contributed by atoms with Crippen LogP contribution >= 0.6 is 22.7 Å². The summed E-state index contributed by atoms with van der Waals surface area (Å²) in [6.45, 7) is 0. The van der Waals surface area contributed by atoms with Gasteiger partial charge in [0.25, 0.3) is 0 Å². The molecule has 11 aromatic carbocycles. The minimum atomic E-state index is 1.24. The zero-order chi connectivity index (χ0) is 37.9. The molecule has 13 rings (SSSR count). The van der Waals surface area contributed by atoms with Gasteiger partial charge in [0, 0.05) is 45.7 Å². The molecule has 0 saturated heterocycles. The molecule has 58 heavy (non-hydrogen) atoms. The maximum Gasteiger partial charge on any atom is 0.0434 e. The molecule has 0 amide bonds. The molecular weight excluding hydrogens is 737 g/mol.